The summed E-state index contributed by atoms with van der Waals surface area (Å²) in [5.74, 6) is -0.675. The van der Waals surface area contributed by atoms with E-state index in [1.165, 1.54) is 0 Å². The molecule has 0 radical (unpaired) electrons. The van der Waals surface area contributed by atoms with Crippen molar-refractivity contribution in [2.24, 2.45) is 0 Å². The first-order valence-corrected chi connectivity index (χ1v) is 9.37. The highest BCUT2D eigenvalue weighted by atomic mass is 16.6. The van der Waals surface area contributed by atoms with Crippen molar-refractivity contribution in [3.05, 3.63) is 29.8 Å². The van der Waals surface area contributed by atoms with E-state index in [0.29, 0.717) is 17.7 Å². The summed E-state index contributed by atoms with van der Waals surface area (Å²) >= 11 is 0. The Morgan fingerprint density at radius 3 is 2.32 bits per heavy atom. The van der Waals surface area contributed by atoms with Gasteiger partial charge in [0.05, 0.1) is 6.61 Å². The Balaban J connectivity index is 2.54. The van der Waals surface area contributed by atoms with Gasteiger partial charge < -0.3 is 29.7 Å². The van der Waals surface area contributed by atoms with Crippen molar-refractivity contribution >= 4 is 12.1 Å². The molecule has 28 heavy (non-hydrogen) atoms. The lowest BCUT2D eigenvalue weighted by atomic mass is 10.1. The summed E-state index contributed by atoms with van der Waals surface area (Å²) in [6.45, 7) is 7.62. The van der Waals surface area contributed by atoms with Gasteiger partial charge in [0.15, 0.2) is 12.3 Å². The zero-order chi connectivity index (χ0) is 21.2. The Kier molecular flexibility index (Phi) is 9.75. The molecule has 8 nitrogen and oxygen atoms in total. The molecule has 1 aromatic carbocycles. The van der Waals surface area contributed by atoms with Crippen molar-refractivity contribution in [1.29, 1.82) is 0 Å². The number of unbranched alkanes of at least 4 members (excludes halogenated alkanes) is 1. The molecule has 0 aromatic heterocycles. The SMILES string of the molecule is CCCCC(O)OCCOc1ccc(C(NC(=O)OC(C)(C)C)C(=O)O)cc1. The minimum atomic E-state index is -1.24. The van der Waals surface area contributed by atoms with Gasteiger partial charge in [-0.15, -0.1) is 0 Å². The van der Waals surface area contributed by atoms with E-state index in [-0.39, 0.29) is 13.2 Å². The third kappa shape index (κ3) is 9.57. The molecule has 2 atom stereocenters. The molecule has 0 aliphatic heterocycles. The average Bonchev–Trinajstić information content (AvgIpc) is 2.60. The molecule has 8 heteroatoms. The lowest BCUT2D eigenvalue weighted by Gasteiger charge is -2.22. The number of carbonyl (C=O) groups excluding carboxylic acids is 1. The van der Waals surface area contributed by atoms with E-state index in [1.54, 1.807) is 45.0 Å². The quantitative estimate of drug-likeness (QED) is 0.388. The normalized spacial score (nSPS) is 13.5. The van der Waals surface area contributed by atoms with Crippen LogP contribution in [0.15, 0.2) is 24.3 Å². The highest BCUT2D eigenvalue weighted by Gasteiger charge is 2.25. The Hall–Kier alpha value is -2.32. The molecule has 1 aromatic rings. The average molecular weight is 397 g/mol. The molecule has 0 aliphatic rings. The second kappa shape index (κ2) is 11.5. The molecule has 0 heterocycles. The van der Waals surface area contributed by atoms with Gasteiger partial charge in [-0.05, 0) is 51.3 Å². The van der Waals surface area contributed by atoms with Crippen molar-refractivity contribution in [3.63, 3.8) is 0 Å². The molecule has 0 saturated carbocycles. The van der Waals surface area contributed by atoms with Crippen LogP contribution in [0.5, 0.6) is 5.75 Å². The molecule has 1 amide bonds. The first-order valence-electron chi connectivity index (χ1n) is 9.37. The van der Waals surface area contributed by atoms with Crippen molar-refractivity contribution in [2.45, 2.75) is 64.9 Å². The topological polar surface area (TPSA) is 114 Å². The number of benzene rings is 1. The molecule has 0 saturated heterocycles. The van der Waals surface area contributed by atoms with Crippen LogP contribution in [0.4, 0.5) is 4.79 Å². The van der Waals surface area contributed by atoms with Crippen LogP contribution in [-0.2, 0) is 14.3 Å². The third-order valence-corrected chi connectivity index (χ3v) is 3.59. The van der Waals surface area contributed by atoms with Gasteiger partial charge in [-0.1, -0.05) is 25.5 Å². The van der Waals surface area contributed by atoms with Gasteiger partial charge in [0.25, 0.3) is 0 Å². The fourth-order valence-electron chi connectivity index (χ4n) is 2.28. The standard InChI is InChI=1S/C20H31NO7/c1-5-6-7-16(22)27-13-12-26-15-10-8-14(9-11-15)17(18(23)24)21-19(25)28-20(2,3)4/h8-11,16-17,22H,5-7,12-13H2,1-4H3,(H,21,25)(H,23,24). The van der Waals surface area contributed by atoms with E-state index >= 15 is 0 Å². The number of hydrogen-bond acceptors (Lipinski definition) is 6. The molecule has 3 N–H and O–H groups in total. The highest BCUT2D eigenvalue weighted by Crippen LogP contribution is 2.19. The fraction of sp³-hybridized carbons (Fsp3) is 0.600. The predicted molar refractivity (Wildman–Crippen MR) is 103 cm³/mol. The van der Waals surface area contributed by atoms with Crippen LogP contribution >= 0.6 is 0 Å². The summed E-state index contributed by atoms with van der Waals surface area (Å²) in [7, 11) is 0. The molecule has 0 bridgehead atoms. The molecule has 0 spiro atoms. The Morgan fingerprint density at radius 2 is 1.79 bits per heavy atom. The molecule has 0 aliphatic carbocycles. The second-order valence-electron chi connectivity index (χ2n) is 7.30. The first kappa shape index (κ1) is 23.7. The van der Waals surface area contributed by atoms with Crippen LogP contribution < -0.4 is 10.1 Å². The minimum Gasteiger partial charge on any atom is -0.491 e. The van der Waals surface area contributed by atoms with Crippen LogP contribution in [0.2, 0.25) is 0 Å². The largest absolute Gasteiger partial charge is 0.491 e. The zero-order valence-corrected chi connectivity index (χ0v) is 16.9. The number of alkyl carbamates (subject to hydrolysis) is 1. The number of hydrogen-bond donors (Lipinski definition) is 3. The lowest BCUT2D eigenvalue weighted by Crippen LogP contribution is -2.38. The minimum absolute atomic E-state index is 0.241. The molecule has 2 unspecified atom stereocenters. The Bertz CT molecular complexity index is 610. The maximum atomic E-state index is 11.9. The summed E-state index contributed by atoms with van der Waals surface area (Å²) in [5, 5.41) is 21.3. The second-order valence-corrected chi connectivity index (χ2v) is 7.30. The van der Waals surface area contributed by atoms with Crippen LogP contribution in [0, 0.1) is 0 Å². The summed E-state index contributed by atoms with van der Waals surface area (Å²) in [6.07, 6.45) is 0.877. The molecule has 0 fully saturated rings. The van der Waals surface area contributed by atoms with Crippen molar-refractivity contribution < 1.29 is 34.0 Å². The van der Waals surface area contributed by atoms with Gasteiger partial charge in [0.1, 0.15) is 18.0 Å². The number of carbonyl (C=O) groups is 2. The third-order valence-electron chi connectivity index (χ3n) is 3.59. The number of ether oxygens (including phenoxy) is 3. The van der Waals surface area contributed by atoms with Gasteiger partial charge in [0.2, 0.25) is 0 Å². The lowest BCUT2D eigenvalue weighted by molar-refractivity contribution is -0.139. The molecular formula is C20H31NO7. The number of carboxylic acid groups (broad SMARTS) is 1. The van der Waals surface area contributed by atoms with E-state index < -0.39 is 30.0 Å². The maximum absolute atomic E-state index is 11.9. The van der Waals surface area contributed by atoms with E-state index in [9.17, 15) is 19.8 Å². The number of aliphatic hydroxyl groups excluding tert-OH is 1. The molecule has 1 rings (SSSR count). The number of carboxylic acids is 1. The van der Waals surface area contributed by atoms with Gasteiger partial charge in [-0.2, -0.15) is 0 Å². The van der Waals surface area contributed by atoms with E-state index in [1.807, 2.05) is 6.92 Å². The van der Waals surface area contributed by atoms with Crippen molar-refractivity contribution in [3.8, 4) is 5.75 Å². The molecular weight excluding hydrogens is 366 g/mol. The van der Waals surface area contributed by atoms with Gasteiger partial charge >= 0.3 is 12.1 Å². The number of nitrogens with one attached hydrogen (secondary N) is 1. The van der Waals surface area contributed by atoms with E-state index in [0.717, 1.165) is 12.8 Å². The maximum Gasteiger partial charge on any atom is 0.408 e. The smallest absolute Gasteiger partial charge is 0.408 e. The zero-order valence-electron chi connectivity index (χ0n) is 16.9. The van der Waals surface area contributed by atoms with Crippen LogP contribution in [-0.4, -0.2) is 47.4 Å². The summed E-state index contributed by atoms with van der Waals surface area (Å²) < 4.78 is 15.8. The number of aliphatic carboxylic acids is 1. The first-order chi connectivity index (χ1) is 13.1. The predicted octanol–water partition coefficient (Wildman–Crippen LogP) is 3.24. The monoisotopic (exact) mass is 397 g/mol. The van der Waals surface area contributed by atoms with Crippen LogP contribution in [0.1, 0.15) is 58.6 Å². The summed E-state index contributed by atoms with van der Waals surface area (Å²) in [5.41, 5.74) is -0.339. The number of aliphatic hydroxyl groups is 1. The van der Waals surface area contributed by atoms with E-state index in [4.69, 9.17) is 14.2 Å². The summed E-state index contributed by atoms with van der Waals surface area (Å²) in [4.78, 5) is 23.3. The van der Waals surface area contributed by atoms with Crippen LogP contribution in [0.25, 0.3) is 0 Å². The van der Waals surface area contributed by atoms with Gasteiger partial charge in [0, 0.05) is 0 Å². The van der Waals surface area contributed by atoms with Gasteiger partial charge in [-0.3, -0.25) is 0 Å². The van der Waals surface area contributed by atoms with Crippen molar-refractivity contribution in [1.82, 2.24) is 5.32 Å². The Morgan fingerprint density at radius 1 is 1.14 bits per heavy atom. The van der Waals surface area contributed by atoms with E-state index in [2.05, 4.69) is 5.32 Å². The number of rotatable bonds is 11. The summed E-state index contributed by atoms with van der Waals surface area (Å²) in [6, 6.07) is 5.09. The van der Waals surface area contributed by atoms with Crippen molar-refractivity contribution in [2.75, 3.05) is 13.2 Å². The highest BCUT2D eigenvalue weighted by molar-refractivity contribution is 5.81. The van der Waals surface area contributed by atoms with Gasteiger partial charge in [-0.25, -0.2) is 9.59 Å². The molecule has 158 valence electrons. The Labute approximate surface area is 165 Å². The number of amides is 1. The fourth-order valence-corrected chi connectivity index (χ4v) is 2.28. The van der Waals surface area contributed by atoms with Crippen LogP contribution in [0.3, 0.4) is 0 Å².